The summed E-state index contributed by atoms with van der Waals surface area (Å²) in [4.78, 5) is 34.0. The number of ether oxygens (including phenoxy) is 1. The van der Waals surface area contributed by atoms with E-state index in [1.54, 1.807) is 0 Å². The second-order valence-electron chi connectivity index (χ2n) is 17.5. The summed E-state index contributed by atoms with van der Waals surface area (Å²) in [7, 11) is -4.42. The molecule has 0 radical (unpaired) electrons. The van der Waals surface area contributed by atoms with Crippen LogP contribution in [0.15, 0.2) is 12.2 Å². The van der Waals surface area contributed by atoms with Crippen molar-refractivity contribution in [3.63, 3.8) is 0 Å². The van der Waals surface area contributed by atoms with E-state index in [2.05, 4.69) is 31.3 Å². The molecule has 1 amide bonds. The van der Waals surface area contributed by atoms with Crippen molar-refractivity contribution in [2.45, 2.75) is 270 Å². The summed E-state index contributed by atoms with van der Waals surface area (Å²) in [5.74, 6) is -0.512. The molecule has 0 aliphatic carbocycles. The fraction of sp³-hybridized carbons (Fsp3) is 0.920. The summed E-state index contributed by atoms with van der Waals surface area (Å²) in [5.41, 5.74) is 0. The molecule has 0 spiro atoms. The number of hydrogen-bond donors (Lipinski definition) is 3. The SMILES string of the molecule is CCCCCCCCC/C=C\CCCCCCCC(=O)OCC(O)COP(=O)(O)OCCNC(=O)CCCCCCCCCCCCCCCCCCCCCCCCC. The van der Waals surface area contributed by atoms with E-state index in [0.717, 1.165) is 57.8 Å². The molecule has 10 heteroatoms. The predicted molar refractivity (Wildman–Crippen MR) is 252 cm³/mol. The first-order valence-corrected chi connectivity index (χ1v) is 27.2. The van der Waals surface area contributed by atoms with Gasteiger partial charge in [0.15, 0.2) is 0 Å². The number of allylic oxidation sites excluding steroid dienone is 2. The molecule has 0 aromatic rings. The second-order valence-corrected chi connectivity index (χ2v) is 19.0. The van der Waals surface area contributed by atoms with Crippen LogP contribution in [-0.4, -0.2) is 54.3 Å². The van der Waals surface area contributed by atoms with E-state index >= 15 is 0 Å². The number of aliphatic hydroxyl groups is 1. The molecule has 0 fully saturated rings. The molecule has 0 heterocycles. The van der Waals surface area contributed by atoms with Crippen LogP contribution in [0, 0.1) is 0 Å². The number of rotatable bonds is 49. The minimum atomic E-state index is -4.42. The first-order chi connectivity index (χ1) is 29.3. The fourth-order valence-corrected chi connectivity index (χ4v) is 8.31. The zero-order chi connectivity index (χ0) is 43.9. The summed E-state index contributed by atoms with van der Waals surface area (Å²) in [6, 6.07) is 0. The highest BCUT2D eigenvalue weighted by molar-refractivity contribution is 7.47. The van der Waals surface area contributed by atoms with Gasteiger partial charge in [0.1, 0.15) is 12.7 Å². The fourth-order valence-electron chi connectivity index (χ4n) is 7.55. The largest absolute Gasteiger partial charge is 0.472 e. The van der Waals surface area contributed by atoms with Crippen LogP contribution in [0.2, 0.25) is 0 Å². The summed E-state index contributed by atoms with van der Waals surface area (Å²) in [5, 5.41) is 12.7. The maximum Gasteiger partial charge on any atom is 0.472 e. The third-order valence-corrected chi connectivity index (χ3v) is 12.4. The van der Waals surface area contributed by atoms with Gasteiger partial charge in [0, 0.05) is 19.4 Å². The van der Waals surface area contributed by atoms with E-state index in [1.807, 2.05) is 0 Å². The minimum absolute atomic E-state index is 0.0860. The summed E-state index contributed by atoms with van der Waals surface area (Å²) in [6.07, 6.45) is 51.6. The Morgan fingerprint density at radius 1 is 0.500 bits per heavy atom. The van der Waals surface area contributed by atoms with Crippen molar-refractivity contribution in [1.29, 1.82) is 0 Å². The summed E-state index contributed by atoms with van der Waals surface area (Å²) < 4.78 is 27.0. The number of amides is 1. The third kappa shape index (κ3) is 47.8. The van der Waals surface area contributed by atoms with E-state index in [1.165, 1.54) is 180 Å². The molecule has 0 saturated heterocycles. The van der Waals surface area contributed by atoms with Gasteiger partial charge < -0.3 is 20.1 Å². The Hall–Kier alpha value is -1.25. The number of phosphoric ester groups is 1. The number of aliphatic hydroxyl groups excluding tert-OH is 1. The van der Waals surface area contributed by atoms with Crippen LogP contribution >= 0.6 is 7.82 Å². The molecule has 0 bridgehead atoms. The van der Waals surface area contributed by atoms with E-state index in [4.69, 9.17) is 13.8 Å². The van der Waals surface area contributed by atoms with Crippen molar-refractivity contribution in [3.05, 3.63) is 12.2 Å². The minimum Gasteiger partial charge on any atom is -0.463 e. The van der Waals surface area contributed by atoms with E-state index < -0.39 is 26.5 Å². The molecule has 0 aliphatic rings. The number of phosphoric acid groups is 1. The smallest absolute Gasteiger partial charge is 0.463 e. The lowest BCUT2D eigenvalue weighted by atomic mass is 10.0. The highest BCUT2D eigenvalue weighted by atomic mass is 31.2. The van der Waals surface area contributed by atoms with Gasteiger partial charge in [-0.2, -0.15) is 0 Å². The Morgan fingerprint density at radius 2 is 0.850 bits per heavy atom. The topological polar surface area (TPSA) is 131 Å². The summed E-state index contributed by atoms with van der Waals surface area (Å²) in [6.45, 7) is 3.60. The second kappa shape index (κ2) is 47.2. The zero-order valence-electron chi connectivity index (χ0n) is 39.4. The maximum absolute atomic E-state index is 12.1. The van der Waals surface area contributed by atoms with Gasteiger partial charge in [-0.15, -0.1) is 0 Å². The van der Waals surface area contributed by atoms with Gasteiger partial charge in [-0.1, -0.05) is 225 Å². The van der Waals surface area contributed by atoms with Gasteiger partial charge in [0.25, 0.3) is 0 Å². The number of hydrogen-bond acceptors (Lipinski definition) is 7. The molecule has 356 valence electrons. The molecular formula is C50H98NO8P. The number of unbranched alkanes of at least 4 members (excludes halogenated alkanes) is 34. The highest BCUT2D eigenvalue weighted by Gasteiger charge is 2.23. The quantitative estimate of drug-likeness (QED) is 0.0238. The van der Waals surface area contributed by atoms with Crippen LogP contribution in [0.5, 0.6) is 0 Å². The van der Waals surface area contributed by atoms with Gasteiger partial charge in [-0.05, 0) is 38.5 Å². The van der Waals surface area contributed by atoms with E-state index in [0.29, 0.717) is 6.42 Å². The first kappa shape index (κ1) is 58.8. The Balaban J connectivity index is 3.51. The molecule has 0 saturated carbocycles. The number of nitrogens with one attached hydrogen (secondary N) is 1. The molecule has 0 aromatic heterocycles. The lowest BCUT2D eigenvalue weighted by Gasteiger charge is -2.15. The standard InChI is InChI=1S/C50H98NO8P/c1-3-5-7-9-11-13-15-17-19-21-22-23-24-25-26-27-28-30-32-34-36-38-40-42-49(53)51-44-45-58-60(55,56)59-47-48(52)46-57-50(54)43-41-39-37-35-33-31-29-20-18-16-14-12-10-8-6-4-2/h20,29,48,52H,3-19,21-28,30-47H2,1-2H3,(H,51,53)(H,55,56)/b29-20-. The Kier molecular flexibility index (Phi) is 46.3. The van der Waals surface area contributed by atoms with E-state index in [9.17, 15) is 24.2 Å². The molecule has 60 heavy (non-hydrogen) atoms. The van der Waals surface area contributed by atoms with Crippen molar-refractivity contribution in [3.8, 4) is 0 Å². The molecule has 9 nitrogen and oxygen atoms in total. The van der Waals surface area contributed by atoms with E-state index in [-0.39, 0.29) is 32.1 Å². The number of carbonyl (C=O) groups is 2. The van der Waals surface area contributed by atoms with Gasteiger partial charge in [0.05, 0.1) is 13.2 Å². The highest BCUT2D eigenvalue weighted by Crippen LogP contribution is 2.42. The van der Waals surface area contributed by atoms with Crippen LogP contribution < -0.4 is 5.32 Å². The van der Waals surface area contributed by atoms with Gasteiger partial charge in [-0.25, -0.2) is 4.57 Å². The molecule has 3 N–H and O–H groups in total. The first-order valence-electron chi connectivity index (χ1n) is 25.7. The number of carbonyl (C=O) groups excluding carboxylic acids is 2. The Morgan fingerprint density at radius 3 is 1.25 bits per heavy atom. The Labute approximate surface area is 370 Å². The maximum atomic E-state index is 12.1. The molecule has 0 rings (SSSR count). The predicted octanol–water partition coefficient (Wildman–Crippen LogP) is 15.0. The number of esters is 1. The van der Waals surface area contributed by atoms with Crippen molar-refractivity contribution < 1.29 is 37.9 Å². The lowest BCUT2D eigenvalue weighted by molar-refractivity contribution is -0.147. The van der Waals surface area contributed by atoms with Gasteiger partial charge >= 0.3 is 13.8 Å². The van der Waals surface area contributed by atoms with Gasteiger partial charge in [-0.3, -0.25) is 18.6 Å². The van der Waals surface area contributed by atoms with Crippen LogP contribution in [-0.2, 0) is 27.9 Å². The van der Waals surface area contributed by atoms with Crippen molar-refractivity contribution in [1.82, 2.24) is 5.32 Å². The molecule has 0 aromatic carbocycles. The summed E-state index contributed by atoms with van der Waals surface area (Å²) >= 11 is 0. The monoisotopic (exact) mass is 872 g/mol. The molecule has 0 aliphatic heterocycles. The van der Waals surface area contributed by atoms with Crippen LogP contribution in [0.3, 0.4) is 0 Å². The van der Waals surface area contributed by atoms with Crippen LogP contribution in [0.1, 0.15) is 264 Å². The average Bonchev–Trinajstić information content (AvgIpc) is 3.23. The van der Waals surface area contributed by atoms with Crippen LogP contribution in [0.4, 0.5) is 0 Å². The Bertz CT molecular complexity index is 995. The molecule has 2 unspecified atom stereocenters. The van der Waals surface area contributed by atoms with Crippen molar-refractivity contribution in [2.24, 2.45) is 0 Å². The zero-order valence-corrected chi connectivity index (χ0v) is 40.3. The van der Waals surface area contributed by atoms with Crippen LogP contribution in [0.25, 0.3) is 0 Å². The molecule has 2 atom stereocenters. The third-order valence-electron chi connectivity index (χ3n) is 11.4. The average molecular weight is 872 g/mol. The molecular weight excluding hydrogens is 774 g/mol. The van der Waals surface area contributed by atoms with Crippen molar-refractivity contribution in [2.75, 3.05) is 26.4 Å². The lowest BCUT2D eigenvalue weighted by Crippen LogP contribution is -2.27. The van der Waals surface area contributed by atoms with Gasteiger partial charge in [0.2, 0.25) is 5.91 Å². The van der Waals surface area contributed by atoms with Crippen molar-refractivity contribution >= 4 is 19.7 Å². The normalized spacial score (nSPS) is 13.2.